The predicted octanol–water partition coefficient (Wildman–Crippen LogP) is 3.42. The molecule has 24 heavy (non-hydrogen) atoms. The van der Waals surface area contributed by atoms with Gasteiger partial charge in [0, 0.05) is 17.6 Å². The SMILES string of the molecule is CCNC(=NCc1ncc(C)s1)NC(C)c1ccc(OC)c(F)c1. The molecule has 0 fully saturated rings. The van der Waals surface area contributed by atoms with Crippen molar-refractivity contribution in [3.63, 3.8) is 0 Å². The Kier molecular flexibility index (Phi) is 6.54. The number of ether oxygens (including phenoxy) is 1. The van der Waals surface area contributed by atoms with E-state index in [-0.39, 0.29) is 17.6 Å². The zero-order chi connectivity index (χ0) is 17.5. The normalized spacial score (nSPS) is 12.8. The molecule has 1 atom stereocenters. The minimum atomic E-state index is -0.371. The Morgan fingerprint density at radius 2 is 2.25 bits per heavy atom. The number of hydrogen-bond donors (Lipinski definition) is 2. The lowest BCUT2D eigenvalue weighted by molar-refractivity contribution is 0.386. The van der Waals surface area contributed by atoms with Crippen molar-refractivity contribution in [2.75, 3.05) is 13.7 Å². The van der Waals surface area contributed by atoms with E-state index in [2.05, 4.69) is 20.6 Å². The molecule has 5 nitrogen and oxygen atoms in total. The molecule has 0 saturated carbocycles. The van der Waals surface area contributed by atoms with E-state index < -0.39 is 0 Å². The highest BCUT2D eigenvalue weighted by molar-refractivity contribution is 7.11. The number of aryl methyl sites for hydroxylation is 1. The van der Waals surface area contributed by atoms with E-state index in [0.717, 1.165) is 17.1 Å². The van der Waals surface area contributed by atoms with Crippen molar-refractivity contribution in [1.82, 2.24) is 15.6 Å². The average Bonchev–Trinajstić information content (AvgIpc) is 2.98. The molecule has 2 aromatic rings. The minimum absolute atomic E-state index is 0.0961. The zero-order valence-corrected chi connectivity index (χ0v) is 15.2. The van der Waals surface area contributed by atoms with E-state index >= 15 is 0 Å². The quantitative estimate of drug-likeness (QED) is 0.619. The molecule has 7 heteroatoms. The Morgan fingerprint density at radius 1 is 1.46 bits per heavy atom. The Labute approximate surface area is 146 Å². The predicted molar refractivity (Wildman–Crippen MR) is 96.2 cm³/mol. The van der Waals surface area contributed by atoms with E-state index in [0.29, 0.717) is 12.5 Å². The van der Waals surface area contributed by atoms with Gasteiger partial charge in [0.15, 0.2) is 17.5 Å². The summed E-state index contributed by atoms with van der Waals surface area (Å²) < 4.78 is 18.8. The van der Waals surface area contributed by atoms with Crippen LogP contribution in [0.2, 0.25) is 0 Å². The first-order chi connectivity index (χ1) is 11.5. The van der Waals surface area contributed by atoms with Gasteiger partial charge in [-0.25, -0.2) is 14.4 Å². The van der Waals surface area contributed by atoms with E-state index in [1.54, 1.807) is 17.4 Å². The maximum absolute atomic E-state index is 13.9. The monoisotopic (exact) mass is 350 g/mol. The molecule has 0 saturated heterocycles. The molecule has 1 aromatic carbocycles. The number of nitrogens with one attached hydrogen (secondary N) is 2. The van der Waals surface area contributed by atoms with Crippen LogP contribution < -0.4 is 15.4 Å². The summed E-state index contributed by atoms with van der Waals surface area (Å²) in [5, 5.41) is 7.44. The van der Waals surface area contributed by atoms with Crippen LogP contribution in [0.3, 0.4) is 0 Å². The summed E-state index contributed by atoms with van der Waals surface area (Å²) in [5.41, 5.74) is 0.823. The molecule has 0 amide bonds. The van der Waals surface area contributed by atoms with Crippen LogP contribution >= 0.6 is 11.3 Å². The third kappa shape index (κ3) is 4.92. The highest BCUT2D eigenvalue weighted by Gasteiger charge is 2.11. The number of hydrogen-bond acceptors (Lipinski definition) is 4. The van der Waals surface area contributed by atoms with Crippen LogP contribution in [0, 0.1) is 12.7 Å². The van der Waals surface area contributed by atoms with E-state index in [9.17, 15) is 4.39 Å². The zero-order valence-electron chi connectivity index (χ0n) is 14.4. The molecule has 0 aliphatic carbocycles. The summed E-state index contributed by atoms with van der Waals surface area (Å²) in [6.45, 7) is 7.24. The van der Waals surface area contributed by atoms with Crippen molar-refractivity contribution < 1.29 is 9.13 Å². The van der Waals surface area contributed by atoms with Crippen LogP contribution in [0.5, 0.6) is 5.75 Å². The Balaban J connectivity index is 2.07. The third-order valence-corrected chi connectivity index (χ3v) is 4.31. The first kappa shape index (κ1) is 18.2. The molecule has 1 aromatic heterocycles. The second kappa shape index (κ2) is 8.63. The van der Waals surface area contributed by atoms with E-state index in [4.69, 9.17) is 4.74 Å². The van der Waals surface area contributed by atoms with Gasteiger partial charge in [-0.05, 0) is 38.5 Å². The molecule has 2 rings (SSSR count). The second-order valence-electron chi connectivity index (χ2n) is 5.32. The molecule has 0 radical (unpaired) electrons. The molecular weight excluding hydrogens is 327 g/mol. The number of rotatable bonds is 6. The van der Waals surface area contributed by atoms with Crippen LogP contribution in [0.1, 0.15) is 35.3 Å². The summed E-state index contributed by atoms with van der Waals surface area (Å²) in [7, 11) is 1.45. The molecule has 0 bridgehead atoms. The van der Waals surface area contributed by atoms with Gasteiger partial charge in [0.2, 0.25) is 0 Å². The molecule has 0 aliphatic rings. The lowest BCUT2D eigenvalue weighted by atomic mass is 10.1. The number of aromatic nitrogens is 1. The summed E-state index contributed by atoms with van der Waals surface area (Å²) in [4.78, 5) is 10.0. The van der Waals surface area contributed by atoms with Crippen molar-refractivity contribution in [1.29, 1.82) is 0 Å². The van der Waals surface area contributed by atoms with Crippen LogP contribution in [-0.2, 0) is 6.54 Å². The fraction of sp³-hybridized carbons (Fsp3) is 0.412. The van der Waals surface area contributed by atoms with Crippen LogP contribution in [0.4, 0.5) is 4.39 Å². The van der Waals surface area contributed by atoms with Gasteiger partial charge in [0.25, 0.3) is 0 Å². The topological polar surface area (TPSA) is 58.5 Å². The minimum Gasteiger partial charge on any atom is -0.494 e. The second-order valence-corrected chi connectivity index (χ2v) is 6.64. The molecule has 0 spiro atoms. The number of nitrogens with zero attached hydrogens (tertiary/aromatic N) is 2. The van der Waals surface area contributed by atoms with Gasteiger partial charge in [0.1, 0.15) is 5.01 Å². The highest BCUT2D eigenvalue weighted by atomic mass is 32.1. The van der Waals surface area contributed by atoms with Gasteiger partial charge in [-0.1, -0.05) is 6.07 Å². The molecule has 0 aliphatic heterocycles. The average molecular weight is 350 g/mol. The Morgan fingerprint density at radius 3 is 2.83 bits per heavy atom. The number of guanidine groups is 1. The number of thiazole rings is 1. The van der Waals surface area contributed by atoms with E-state index in [1.807, 2.05) is 33.0 Å². The molecular formula is C17H23FN4OS. The van der Waals surface area contributed by atoms with Gasteiger partial charge >= 0.3 is 0 Å². The fourth-order valence-corrected chi connectivity index (χ4v) is 2.89. The van der Waals surface area contributed by atoms with Crippen molar-refractivity contribution in [3.8, 4) is 5.75 Å². The largest absolute Gasteiger partial charge is 0.494 e. The smallest absolute Gasteiger partial charge is 0.192 e. The number of methoxy groups -OCH3 is 1. The molecule has 130 valence electrons. The maximum atomic E-state index is 13.9. The lowest BCUT2D eigenvalue weighted by Crippen LogP contribution is -2.38. The highest BCUT2D eigenvalue weighted by Crippen LogP contribution is 2.21. The standard InChI is InChI=1S/C17H23FN4OS/c1-5-19-17(21-10-16-20-9-11(2)24-16)22-12(3)13-6-7-15(23-4)14(18)8-13/h6-9,12H,5,10H2,1-4H3,(H2,19,21,22). The van der Waals surface area contributed by atoms with Crippen LogP contribution in [0.15, 0.2) is 29.4 Å². The van der Waals surface area contributed by atoms with Crippen molar-refractivity contribution in [3.05, 3.63) is 45.7 Å². The van der Waals surface area contributed by atoms with Gasteiger partial charge in [-0.2, -0.15) is 0 Å². The van der Waals surface area contributed by atoms with Gasteiger partial charge < -0.3 is 15.4 Å². The molecule has 2 N–H and O–H groups in total. The van der Waals surface area contributed by atoms with Crippen molar-refractivity contribution in [2.24, 2.45) is 4.99 Å². The number of aliphatic imine (C=N–C) groups is 1. The molecule has 1 unspecified atom stereocenters. The van der Waals surface area contributed by atoms with Crippen molar-refractivity contribution in [2.45, 2.75) is 33.4 Å². The van der Waals surface area contributed by atoms with E-state index in [1.165, 1.54) is 18.1 Å². The lowest BCUT2D eigenvalue weighted by Gasteiger charge is -2.18. The van der Waals surface area contributed by atoms with Gasteiger partial charge in [-0.15, -0.1) is 11.3 Å². The van der Waals surface area contributed by atoms with Crippen molar-refractivity contribution >= 4 is 17.3 Å². The Hall–Kier alpha value is -2.15. The molecule has 1 heterocycles. The summed E-state index contributed by atoms with van der Waals surface area (Å²) in [6.07, 6.45) is 1.85. The number of benzene rings is 1. The fourth-order valence-electron chi connectivity index (χ4n) is 2.18. The maximum Gasteiger partial charge on any atom is 0.192 e. The first-order valence-electron chi connectivity index (χ1n) is 7.83. The Bertz CT molecular complexity index is 702. The third-order valence-electron chi connectivity index (χ3n) is 3.41. The first-order valence-corrected chi connectivity index (χ1v) is 8.64. The summed E-state index contributed by atoms with van der Waals surface area (Å²) in [5.74, 6) is 0.545. The van der Waals surface area contributed by atoms with Crippen LogP contribution in [0.25, 0.3) is 0 Å². The van der Waals surface area contributed by atoms with Crippen LogP contribution in [-0.4, -0.2) is 24.6 Å². The summed E-state index contributed by atoms with van der Waals surface area (Å²) >= 11 is 1.63. The number of halogens is 1. The van der Waals surface area contributed by atoms with Gasteiger partial charge in [0.05, 0.1) is 19.7 Å². The summed E-state index contributed by atoms with van der Waals surface area (Å²) in [6, 6.07) is 4.85. The van der Waals surface area contributed by atoms with Gasteiger partial charge in [-0.3, -0.25) is 0 Å².